The number of nitro benzene ring substituents is 2. The predicted molar refractivity (Wildman–Crippen MR) is 141 cm³/mol. The van der Waals surface area contributed by atoms with Crippen LogP contribution in [0.3, 0.4) is 0 Å². The molecular weight excluding hydrogens is 514 g/mol. The molecule has 4 aromatic rings. The molecule has 0 amide bonds. The van der Waals surface area contributed by atoms with Gasteiger partial charge in [0.05, 0.1) is 46.6 Å². The molecule has 0 aliphatic carbocycles. The number of ether oxygens (including phenoxy) is 1. The number of hydrazone groups is 2. The highest BCUT2D eigenvalue weighted by Crippen LogP contribution is 2.21. The maximum atomic E-state index is 11.0. The van der Waals surface area contributed by atoms with Gasteiger partial charge in [-0.3, -0.25) is 35.6 Å². The Kier molecular flexibility index (Phi) is 8.24. The standard InChI is InChI=1S/C22H21N11O6/c23-21-20-22(25-12-24-21)31(13-26-20)19(10-28-30-15-4-2-6-17(8-15)33(37)38)39-18(11-34)9-27-29-14-3-1-5-16(7-14)32(35)36/h1-10,12-13,18-19,29-30,34H,11H2,(H2,23,24,25). The molecule has 0 bridgehead atoms. The summed E-state index contributed by atoms with van der Waals surface area (Å²) in [6.45, 7) is -0.494. The Morgan fingerprint density at radius 2 is 1.62 bits per heavy atom. The maximum absolute atomic E-state index is 11.0. The molecule has 39 heavy (non-hydrogen) atoms. The summed E-state index contributed by atoms with van der Waals surface area (Å²) in [5.41, 5.74) is 12.3. The molecule has 0 aliphatic heterocycles. The first kappa shape index (κ1) is 26.5. The number of nitrogens with one attached hydrogen (secondary N) is 2. The van der Waals surface area contributed by atoms with Crippen molar-refractivity contribution < 1.29 is 19.7 Å². The molecule has 2 atom stereocenters. The highest BCUT2D eigenvalue weighted by molar-refractivity contribution is 5.82. The number of imidazole rings is 1. The number of aliphatic hydroxyl groups is 1. The van der Waals surface area contributed by atoms with Gasteiger partial charge >= 0.3 is 0 Å². The van der Waals surface area contributed by atoms with Gasteiger partial charge in [0.2, 0.25) is 0 Å². The zero-order chi connectivity index (χ0) is 27.8. The fourth-order valence-electron chi connectivity index (χ4n) is 3.28. The summed E-state index contributed by atoms with van der Waals surface area (Å²) in [7, 11) is 0. The minimum atomic E-state index is -1.02. The molecular formula is C22H21N11O6. The first-order valence-electron chi connectivity index (χ1n) is 11.1. The second-order valence-electron chi connectivity index (χ2n) is 7.73. The molecule has 4 rings (SSSR count). The smallest absolute Gasteiger partial charge is 0.271 e. The second kappa shape index (κ2) is 12.1. The Morgan fingerprint density at radius 1 is 1.00 bits per heavy atom. The van der Waals surface area contributed by atoms with Crippen molar-refractivity contribution in [2.75, 3.05) is 23.2 Å². The average Bonchev–Trinajstić information content (AvgIpc) is 3.37. The lowest BCUT2D eigenvalue weighted by atomic mass is 10.3. The van der Waals surface area contributed by atoms with Crippen LogP contribution in [0, 0.1) is 20.2 Å². The number of nitrogens with zero attached hydrogens (tertiary/aromatic N) is 8. The minimum absolute atomic E-state index is 0.120. The lowest BCUT2D eigenvalue weighted by molar-refractivity contribution is -0.385. The molecule has 200 valence electrons. The van der Waals surface area contributed by atoms with Gasteiger partial charge in [0.1, 0.15) is 17.9 Å². The van der Waals surface area contributed by atoms with E-state index in [1.54, 1.807) is 12.1 Å². The quantitative estimate of drug-likeness (QED) is 0.116. The highest BCUT2D eigenvalue weighted by atomic mass is 16.6. The van der Waals surface area contributed by atoms with Gasteiger partial charge in [0.25, 0.3) is 11.4 Å². The van der Waals surface area contributed by atoms with Crippen molar-refractivity contribution in [2.24, 2.45) is 10.2 Å². The molecule has 0 radical (unpaired) electrons. The van der Waals surface area contributed by atoms with Gasteiger partial charge in [0.15, 0.2) is 17.7 Å². The third kappa shape index (κ3) is 6.61. The van der Waals surface area contributed by atoms with Crippen LogP contribution in [0.15, 0.2) is 71.4 Å². The van der Waals surface area contributed by atoms with Crippen molar-refractivity contribution in [1.82, 2.24) is 19.5 Å². The van der Waals surface area contributed by atoms with E-state index >= 15 is 0 Å². The summed E-state index contributed by atoms with van der Waals surface area (Å²) in [5, 5.41) is 40.0. The topological polar surface area (TPSA) is 234 Å². The van der Waals surface area contributed by atoms with Crippen LogP contribution in [-0.4, -0.2) is 59.6 Å². The normalized spacial score (nSPS) is 13.1. The van der Waals surface area contributed by atoms with Crippen LogP contribution in [0.5, 0.6) is 0 Å². The fourth-order valence-corrected chi connectivity index (χ4v) is 3.28. The monoisotopic (exact) mass is 535 g/mol. The van der Waals surface area contributed by atoms with Crippen LogP contribution in [0.4, 0.5) is 28.6 Å². The van der Waals surface area contributed by atoms with Crippen LogP contribution in [0.25, 0.3) is 11.2 Å². The van der Waals surface area contributed by atoms with Gasteiger partial charge in [-0.15, -0.1) is 0 Å². The van der Waals surface area contributed by atoms with Gasteiger partial charge < -0.3 is 15.6 Å². The number of nitrogens with two attached hydrogens (primary N) is 1. The number of fused-ring (bicyclic) bond motifs is 1. The Hall–Kier alpha value is -5.55. The summed E-state index contributed by atoms with van der Waals surface area (Å²) >= 11 is 0. The van der Waals surface area contributed by atoms with E-state index in [4.69, 9.17) is 10.5 Å². The van der Waals surface area contributed by atoms with E-state index in [1.165, 1.54) is 66.0 Å². The van der Waals surface area contributed by atoms with Crippen molar-refractivity contribution in [2.45, 2.75) is 12.3 Å². The number of rotatable bonds is 12. The number of nitro groups is 2. The zero-order valence-corrected chi connectivity index (χ0v) is 19.9. The van der Waals surface area contributed by atoms with Gasteiger partial charge in [-0.25, -0.2) is 15.0 Å². The van der Waals surface area contributed by atoms with Crippen LogP contribution in [0.2, 0.25) is 0 Å². The fraction of sp³-hybridized carbons (Fsp3) is 0.136. The molecule has 17 nitrogen and oxygen atoms in total. The van der Waals surface area contributed by atoms with E-state index in [1.807, 2.05) is 0 Å². The predicted octanol–water partition coefficient (Wildman–Crippen LogP) is 2.30. The molecule has 0 saturated heterocycles. The highest BCUT2D eigenvalue weighted by Gasteiger charge is 2.19. The lowest BCUT2D eigenvalue weighted by Gasteiger charge is -2.19. The summed E-state index contributed by atoms with van der Waals surface area (Å²) < 4.78 is 7.45. The largest absolute Gasteiger partial charge is 0.393 e. The zero-order valence-electron chi connectivity index (χ0n) is 19.9. The number of benzene rings is 2. The molecule has 2 heterocycles. The SMILES string of the molecule is Nc1ncnc2c1ncn2C(C=NNc1cccc([N+](=O)[O-])c1)OC(C=NNc1cccc([N+](=O)[O-])c1)CO. The van der Waals surface area contributed by atoms with Crippen molar-refractivity contribution in [3.63, 3.8) is 0 Å². The molecule has 0 saturated carbocycles. The number of hydrogen-bond donors (Lipinski definition) is 4. The average molecular weight is 535 g/mol. The third-order valence-corrected chi connectivity index (χ3v) is 5.10. The Labute approximate surface area is 219 Å². The van der Waals surface area contributed by atoms with Gasteiger partial charge in [-0.05, 0) is 12.1 Å². The Bertz CT molecular complexity index is 1540. The summed E-state index contributed by atoms with van der Waals surface area (Å²) in [4.78, 5) is 33.2. The van der Waals surface area contributed by atoms with Crippen molar-refractivity contribution in [3.8, 4) is 0 Å². The number of aliphatic hydroxyl groups excluding tert-OH is 1. The molecule has 2 unspecified atom stereocenters. The van der Waals surface area contributed by atoms with Crippen LogP contribution >= 0.6 is 0 Å². The van der Waals surface area contributed by atoms with Gasteiger partial charge in [-0.1, -0.05) is 12.1 Å². The van der Waals surface area contributed by atoms with Crippen LogP contribution in [0.1, 0.15) is 6.23 Å². The number of nitrogen functional groups attached to an aromatic ring is 1. The van der Waals surface area contributed by atoms with E-state index in [2.05, 4.69) is 36.0 Å². The number of non-ortho nitro benzene ring substituents is 2. The van der Waals surface area contributed by atoms with Crippen LogP contribution in [-0.2, 0) is 4.74 Å². The second-order valence-corrected chi connectivity index (χ2v) is 7.73. The number of anilines is 3. The molecule has 0 fully saturated rings. The Balaban J connectivity index is 1.55. The lowest BCUT2D eigenvalue weighted by Crippen LogP contribution is -2.26. The van der Waals surface area contributed by atoms with E-state index in [0.717, 1.165) is 0 Å². The molecule has 2 aromatic heterocycles. The summed E-state index contributed by atoms with van der Waals surface area (Å²) in [6, 6.07) is 11.4. The number of hydrogen-bond acceptors (Lipinski definition) is 14. The van der Waals surface area contributed by atoms with Crippen LogP contribution < -0.4 is 16.6 Å². The van der Waals surface area contributed by atoms with Crippen molar-refractivity contribution >= 4 is 52.2 Å². The molecule has 0 aliphatic rings. The first-order chi connectivity index (χ1) is 18.9. The first-order valence-corrected chi connectivity index (χ1v) is 11.1. The van der Waals surface area contributed by atoms with E-state index in [9.17, 15) is 25.3 Å². The van der Waals surface area contributed by atoms with E-state index in [-0.39, 0.29) is 17.2 Å². The summed E-state index contributed by atoms with van der Waals surface area (Å²) in [5.74, 6) is 0.144. The van der Waals surface area contributed by atoms with Crippen molar-refractivity contribution in [3.05, 3.63) is 81.4 Å². The molecule has 5 N–H and O–H groups in total. The summed E-state index contributed by atoms with van der Waals surface area (Å²) in [6.07, 6.45) is 3.23. The third-order valence-electron chi connectivity index (χ3n) is 5.10. The van der Waals surface area contributed by atoms with Gasteiger partial charge in [0, 0.05) is 24.3 Å². The van der Waals surface area contributed by atoms with E-state index in [0.29, 0.717) is 22.5 Å². The number of aromatic nitrogens is 4. The van der Waals surface area contributed by atoms with E-state index < -0.39 is 28.8 Å². The molecule has 0 spiro atoms. The molecule has 17 heteroatoms. The minimum Gasteiger partial charge on any atom is -0.393 e. The van der Waals surface area contributed by atoms with Crippen molar-refractivity contribution in [1.29, 1.82) is 0 Å². The maximum Gasteiger partial charge on any atom is 0.271 e. The Morgan fingerprint density at radius 3 is 2.21 bits per heavy atom. The van der Waals surface area contributed by atoms with Gasteiger partial charge in [-0.2, -0.15) is 10.2 Å². The molecule has 2 aromatic carbocycles.